The van der Waals surface area contributed by atoms with Crippen LogP contribution in [0.3, 0.4) is 0 Å². The molecule has 0 fully saturated rings. The summed E-state index contributed by atoms with van der Waals surface area (Å²) in [4.78, 5) is 0. The Labute approximate surface area is 139 Å². The first-order valence-electron chi connectivity index (χ1n) is 8.47. The molecule has 0 aliphatic heterocycles. The smallest absolute Gasteiger partial charge is 0.142 e. The molecule has 0 saturated carbocycles. The van der Waals surface area contributed by atoms with Crippen LogP contribution >= 0.6 is 0 Å². The number of nitrogens with one attached hydrogen (secondary N) is 1. The number of hydrogen-bond acceptors (Lipinski definition) is 3. The number of nitrogen functional groups attached to an aromatic ring is 1. The molecule has 0 amide bonds. The lowest BCUT2D eigenvalue weighted by Gasteiger charge is -2.15. The molecule has 0 aliphatic carbocycles. The molecular formula is C20H28N2O. The summed E-state index contributed by atoms with van der Waals surface area (Å²) in [5, 5.41) is 3.58. The van der Waals surface area contributed by atoms with Crippen LogP contribution in [-0.2, 0) is 12.8 Å². The molecule has 0 spiro atoms. The molecule has 0 aromatic heterocycles. The maximum atomic E-state index is 6.07. The zero-order chi connectivity index (χ0) is 16.5. The van der Waals surface area contributed by atoms with Gasteiger partial charge in [0.2, 0.25) is 0 Å². The van der Waals surface area contributed by atoms with Crippen molar-refractivity contribution >= 4 is 5.69 Å². The minimum atomic E-state index is 0.417. The lowest BCUT2D eigenvalue weighted by Crippen LogP contribution is -2.30. The third kappa shape index (κ3) is 5.95. The van der Waals surface area contributed by atoms with Crippen LogP contribution in [0, 0.1) is 0 Å². The summed E-state index contributed by atoms with van der Waals surface area (Å²) in [6, 6.07) is 17.1. The minimum absolute atomic E-state index is 0.417. The third-order valence-electron chi connectivity index (χ3n) is 3.83. The predicted octanol–water partition coefficient (Wildman–Crippen LogP) is 3.82. The van der Waals surface area contributed by atoms with Crippen molar-refractivity contribution in [1.29, 1.82) is 0 Å². The van der Waals surface area contributed by atoms with Crippen molar-refractivity contribution in [3.8, 4) is 5.75 Å². The van der Waals surface area contributed by atoms with Crippen LogP contribution in [0.2, 0.25) is 0 Å². The highest BCUT2D eigenvalue weighted by Gasteiger charge is 2.06. The number of rotatable bonds is 9. The Bertz CT molecular complexity index is 583. The molecule has 2 rings (SSSR count). The van der Waals surface area contributed by atoms with Gasteiger partial charge in [-0.1, -0.05) is 43.3 Å². The van der Waals surface area contributed by atoms with E-state index >= 15 is 0 Å². The van der Waals surface area contributed by atoms with Gasteiger partial charge in [-0.2, -0.15) is 0 Å². The van der Waals surface area contributed by atoms with Gasteiger partial charge >= 0.3 is 0 Å². The maximum Gasteiger partial charge on any atom is 0.142 e. The molecule has 1 atom stereocenters. The fraction of sp³-hybridized carbons (Fsp3) is 0.400. The van der Waals surface area contributed by atoms with Gasteiger partial charge in [-0.15, -0.1) is 0 Å². The largest absolute Gasteiger partial charge is 0.491 e. The molecular weight excluding hydrogens is 284 g/mol. The third-order valence-corrected chi connectivity index (χ3v) is 3.83. The molecule has 2 aromatic carbocycles. The average Bonchev–Trinajstić information content (AvgIpc) is 2.55. The van der Waals surface area contributed by atoms with Crippen molar-refractivity contribution in [2.24, 2.45) is 0 Å². The van der Waals surface area contributed by atoms with Crippen molar-refractivity contribution in [3.63, 3.8) is 0 Å². The fourth-order valence-corrected chi connectivity index (χ4v) is 2.60. The monoisotopic (exact) mass is 312 g/mol. The fourth-order valence-electron chi connectivity index (χ4n) is 2.60. The Hall–Kier alpha value is -2.00. The van der Waals surface area contributed by atoms with Crippen molar-refractivity contribution in [1.82, 2.24) is 5.32 Å². The van der Waals surface area contributed by atoms with Crippen LogP contribution < -0.4 is 15.8 Å². The predicted molar refractivity (Wildman–Crippen MR) is 98.0 cm³/mol. The topological polar surface area (TPSA) is 47.3 Å². The quantitative estimate of drug-likeness (QED) is 0.692. The molecule has 1 unspecified atom stereocenters. The van der Waals surface area contributed by atoms with Crippen molar-refractivity contribution < 1.29 is 4.74 Å². The van der Waals surface area contributed by atoms with Gasteiger partial charge in [0.05, 0.1) is 12.3 Å². The van der Waals surface area contributed by atoms with Gasteiger partial charge in [0.25, 0.3) is 0 Å². The van der Waals surface area contributed by atoms with Gasteiger partial charge in [-0.05, 0) is 56.0 Å². The van der Waals surface area contributed by atoms with Gasteiger partial charge in [0.1, 0.15) is 5.75 Å². The maximum absolute atomic E-state index is 6.07. The lowest BCUT2D eigenvalue weighted by atomic mass is 10.1. The van der Waals surface area contributed by atoms with Crippen LogP contribution in [0.15, 0.2) is 48.5 Å². The first-order chi connectivity index (χ1) is 11.2. The molecule has 23 heavy (non-hydrogen) atoms. The van der Waals surface area contributed by atoms with E-state index in [2.05, 4.69) is 55.6 Å². The molecule has 3 N–H and O–H groups in total. The van der Waals surface area contributed by atoms with E-state index in [0.29, 0.717) is 12.6 Å². The van der Waals surface area contributed by atoms with Gasteiger partial charge in [-0.3, -0.25) is 0 Å². The minimum Gasteiger partial charge on any atom is -0.491 e. The zero-order valence-corrected chi connectivity index (χ0v) is 14.2. The molecule has 0 radical (unpaired) electrons. The van der Waals surface area contributed by atoms with E-state index in [1.807, 2.05) is 12.1 Å². The summed E-state index contributed by atoms with van der Waals surface area (Å²) in [6.07, 6.45) is 3.01. The summed E-state index contributed by atoms with van der Waals surface area (Å²) in [7, 11) is 0. The van der Waals surface area contributed by atoms with E-state index < -0.39 is 0 Å². The number of benzene rings is 2. The molecule has 0 heterocycles. The first kappa shape index (κ1) is 17.4. The van der Waals surface area contributed by atoms with Crippen LogP contribution in [0.25, 0.3) is 0 Å². The first-order valence-corrected chi connectivity index (χ1v) is 8.47. The van der Waals surface area contributed by atoms with E-state index in [0.717, 1.165) is 37.2 Å². The lowest BCUT2D eigenvalue weighted by molar-refractivity contribution is 0.319. The number of ether oxygens (including phenoxy) is 1. The van der Waals surface area contributed by atoms with Crippen LogP contribution in [0.1, 0.15) is 31.4 Å². The number of anilines is 1. The van der Waals surface area contributed by atoms with E-state index in [1.54, 1.807) is 0 Å². The summed E-state index contributed by atoms with van der Waals surface area (Å²) in [5.41, 5.74) is 9.41. The normalized spacial score (nSPS) is 12.1. The van der Waals surface area contributed by atoms with E-state index in [1.165, 1.54) is 11.1 Å². The van der Waals surface area contributed by atoms with Crippen LogP contribution in [0.4, 0.5) is 5.69 Å². The van der Waals surface area contributed by atoms with E-state index in [4.69, 9.17) is 10.5 Å². The summed E-state index contributed by atoms with van der Waals surface area (Å²) >= 11 is 0. The molecule has 3 heteroatoms. The van der Waals surface area contributed by atoms with Crippen molar-refractivity contribution in [2.75, 3.05) is 18.9 Å². The van der Waals surface area contributed by atoms with Crippen molar-refractivity contribution in [2.45, 2.75) is 39.2 Å². The van der Waals surface area contributed by atoms with E-state index in [9.17, 15) is 0 Å². The number of hydrogen-bond donors (Lipinski definition) is 2. The Morgan fingerprint density at radius 2 is 1.87 bits per heavy atom. The second-order valence-corrected chi connectivity index (χ2v) is 6.02. The molecule has 0 bridgehead atoms. The van der Waals surface area contributed by atoms with Gasteiger partial charge in [-0.25, -0.2) is 0 Å². The highest BCUT2D eigenvalue weighted by Crippen LogP contribution is 2.23. The van der Waals surface area contributed by atoms with E-state index in [-0.39, 0.29) is 0 Å². The molecule has 124 valence electrons. The Morgan fingerprint density at radius 3 is 2.57 bits per heavy atom. The summed E-state index contributed by atoms with van der Waals surface area (Å²) in [6.45, 7) is 6.00. The molecule has 2 aromatic rings. The van der Waals surface area contributed by atoms with Gasteiger partial charge < -0.3 is 15.8 Å². The Kier molecular flexibility index (Phi) is 6.95. The van der Waals surface area contributed by atoms with Gasteiger partial charge in [0, 0.05) is 6.04 Å². The Balaban J connectivity index is 1.78. The molecule has 0 aliphatic rings. The molecule has 3 nitrogen and oxygen atoms in total. The second-order valence-electron chi connectivity index (χ2n) is 6.02. The second kappa shape index (κ2) is 9.21. The SMILES string of the molecule is CCCOc1ccc(CC(C)NCCc2ccccc2)cc1N. The number of nitrogens with two attached hydrogens (primary N) is 1. The average molecular weight is 312 g/mol. The Morgan fingerprint density at radius 1 is 1.09 bits per heavy atom. The summed E-state index contributed by atoms with van der Waals surface area (Å²) in [5.74, 6) is 0.792. The molecule has 0 saturated heterocycles. The van der Waals surface area contributed by atoms with Crippen LogP contribution in [0.5, 0.6) is 5.75 Å². The highest BCUT2D eigenvalue weighted by molar-refractivity contribution is 5.54. The highest BCUT2D eigenvalue weighted by atomic mass is 16.5. The summed E-state index contributed by atoms with van der Waals surface area (Å²) < 4.78 is 5.62. The van der Waals surface area contributed by atoms with Gasteiger partial charge in [0.15, 0.2) is 0 Å². The van der Waals surface area contributed by atoms with Crippen LogP contribution in [-0.4, -0.2) is 19.2 Å². The zero-order valence-electron chi connectivity index (χ0n) is 14.2. The standard InChI is InChI=1S/C20H28N2O/c1-3-13-23-20-10-9-18(15-19(20)21)14-16(2)22-12-11-17-7-5-4-6-8-17/h4-10,15-16,22H,3,11-14,21H2,1-2H3. The van der Waals surface area contributed by atoms with Crippen molar-refractivity contribution in [3.05, 3.63) is 59.7 Å².